The van der Waals surface area contributed by atoms with Crippen LogP contribution < -0.4 is 28.7 Å². The number of nitriles is 6. The van der Waals surface area contributed by atoms with Crippen LogP contribution in [0.25, 0.3) is 0 Å². The second-order valence-electron chi connectivity index (χ2n) is 10.8. The van der Waals surface area contributed by atoms with Gasteiger partial charge in [-0.1, -0.05) is 0 Å². The van der Waals surface area contributed by atoms with Gasteiger partial charge in [-0.15, -0.1) is 0 Å². The number of phenolic OH excluding ortho intramolecular Hbond substituents is 1. The van der Waals surface area contributed by atoms with Crippen LogP contribution in [0, 0.1) is 219 Å². The molecule has 6 rings (SSSR count). The van der Waals surface area contributed by atoms with Crippen LogP contribution in [0.1, 0.15) is 62.1 Å². The number of hydrogen-bond donors (Lipinski definition) is 6. The Morgan fingerprint density at radius 3 is 0.672 bits per heavy atom. The number of aromatic hydroxyl groups is 1. The van der Waals surface area contributed by atoms with Crippen LogP contribution in [0.3, 0.4) is 0 Å². The van der Waals surface area contributed by atoms with E-state index < -0.39 is 73.9 Å². The Morgan fingerprint density at radius 2 is 0.483 bits per heavy atom. The Kier molecular flexibility index (Phi) is 20.5. The zero-order valence-corrected chi connectivity index (χ0v) is 31.2. The molecule has 0 aliphatic heterocycles. The number of hydrogen-bond acceptors (Lipinski definition) is 18. The summed E-state index contributed by atoms with van der Waals surface area (Å²) in [6.07, 6.45) is 0. The monoisotopic (exact) mass is 875 g/mol. The number of allylic oxidation sites excluding steroid dienone is 6. The number of phenols is 1. The predicted octanol–water partition coefficient (Wildman–Crippen LogP) is 1.84. The van der Waals surface area contributed by atoms with E-state index in [1.165, 1.54) is 42.5 Å². The summed E-state index contributed by atoms with van der Waals surface area (Å²) in [6.45, 7) is 0. The Labute approximate surface area is 446 Å². The van der Waals surface area contributed by atoms with Crippen molar-refractivity contribution in [3.63, 3.8) is 0 Å². The fourth-order valence-corrected chi connectivity index (χ4v) is 5.40. The van der Waals surface area contributed by atoms with Crippen LogP contribution in [0.5, 0.6) is 5.75 Å². The predicted molar refractivity (Wildman–Crippen MR) is 184 cm³/mol. The molecular formula is C36H17Ar4N11O7. The topological polar surface area (TPSA) is 395 Å². The van der Waals surface area contributed by atoms with Crippen LogP contribution in [0.4, 0.5) is 28.4 Å². The second-order valence-corrected chi connectivity index (χ2v) is 10.8. The number of anilines is 5. The molecule has 0 amide bonds. The third-order valence-electron chi connectivity index (χ3n) is 7.90. The summed E-state index contributed by atoms with van der Waals surface area (Å²) in [7, 11) is 0. The number of nitrogens with two attached hydrogens (primary N) is 5. The molecule has 0 saturated heterocycles. The first kappa shape index (κ1) is 53.7. The molecule has 0 radical (unpaired) electrons. The fraction of sp³-hybridized carbons (Fsp3) is 0. The van der Waals surface area contributed by atoms with Crippen molar-refractivity contribution in [2.24, 2.45) is 0 Å². The van der Waals surface area contributed by atoms with E-state index in [1.54, 1.807) is 24.3 Å². The van der Waals surface area contributed by atoms with Gasteiger partial charge >= 0.3 is 0 Å². The first-order valence-electron chi connectivity index (χ1n) is 14.5. The van der Waals surface area contributed by atoms with Crippen LogP contribution in [0.2, 0.25) is 0 Å². The summed E-state index contributed by atoms with van der Waals surface area (Å²) in [5, 5.41) is 62.7. The Bertz CT molecular complexity index is 2290. The van der Waals surface area contributed by atoms with Crippen molar-refractivity contribution in [3.8, 4) is 42.2 Å². The van der Waals surface area contributed by atoms with Gasteiger partial charge in [-0.2, -0.15) is 31.6 Å². The number of fused-ring (bicyclic) bond motifs is 3. The summed E-state index contributed by atoms with van der Waals surface area (Å²) in [5.41, 5.74) is 24.2. The van der Waals surface area contributed by atoms with Gasteiger partial charge in [0.25, 0.3) is 0 Å². The summed E-state index contributed by atoms with van der Waals surface area (Å²) in [4.78, 5) is 72.0. The van der Waals surface area contributed by atoms with Crippen LogP contribution >= 0.6 is 0 Å². The minimum Gasteiger partial charge on any atom is -0.507 e. The molecule has 0 atom stereocenters. The molecule has 22 heteroatoms. The van der Waals surface area contributed by atoms with E-state index in [1.807, 2.05) is 0 Å². The zero-order valence-electron chi connectivity index (χ0n) is 28.3. The molecule has 3 aromatic carbocycles. The van der Waals surface area contributed by atoms with Gasteiger partial charge in [0, 0.05) is 179 Å². The van der Waals surface area contributed by atoms with Gasteiger partial charge < -0.3 is 33.8 Å². The standard InChI is InChI=1S/2C12H6N4O2.C12H5N3O3.4Ar/c3*13-3-5-6(4-14)12(18)10-8(16)2-1-7(15)9(10)11(5)17;;;;/h2*1-2H,15-16H2;1-2,16H,15H2;;;;. The maximum absolute atomic E-state index is 12.0. The molecule has 18 nitrogen and oxygen atoms in total. The van der Waals surface area contributed by atoms with Crippen molar-refractivity contribution in [2.75, 3.05) is 28.7 Å². The van der Waals surface area contributed by atoms with Crippen molar-refractivity contribution in [2.45, 2.75) is 0 Å². The van der Waals surface area contributed by atoms with Crippen molar-refractivity contribution < 1.29 is 185 Å². The van der Waals surface area contributed by atoms with E-state index >= 15 is 0 Å². The summed E-state index contributed by atoms with van der Waals surface area (Å²) >= 11 is 0. The molecular weight excluding hydrogens is 858 g/mol. The van der Waals surface area contributed by atoms with E-state index in [9.17, 15) is 33.9 Å². The number of nitrogens with zero attached hydrogens (tertiary/aromatic N) is 6. The number of ketones is 6. The molecule has 3 aromatic rings. The minimum absolute atomic E-state index is 0. The van der Waals surface area contributed by atoms with Gasteiger partial charge in [0.15, 0.2) is 0 Å². The van der Waals surface area contributed by atoms with Gasteiger partial charge in [-0.25, -0.2) is 0 Å². The molecule has 290 valence electrons. The third-order valence-corrected chi connectivity index (χ3v) is 7.90. The molecule has 0 aromatic heterocycles. The Hall–Kier alpha value is -4.32. The fourth-order valence-electron chi connectivity index (χ4n) is 5.40. The van der Waals surface area contributed by atoms with Gasteiger partial charge in [-0.3, -0.25) is 28.8 Å². The van der Waals surface area contributed by atoms with Gasteiger partial charge in [0.2, 0.25) is 34.7 Å². The quantitative estimate of drug-likeness (QED) is 0.139. The Balaban J connectivity index is 0.000000812. The number of carbonyl (C=O) groups excluding carboxylic acids is 6. The van der Waals surface area contributed by atoms with Gasteiger partial charge in [0.1, 0.15) is 75.6 Å². The van der Waals surface area contributed by atoms with E-state index in [-0.39, 0.29) is 213 Å². The molecule has 3 aliphatic carbocycles. The van der Waals surface area contributed by atoms with Gasteiger partial charge in [0.05, 0.1) is 33.4 Å². The maximum Gasteiger partial charge on any atom is 0.209 e. The molecule has 0 bridgehead atoms. The van der Waals surface area contributed by atoms with E-state index in [4.69, 9.17) is 60.2 Å². The first-order chi connectivity index (χ1) is 25.6. The van der Waals surface area contributed by atoms with Crippen molar-refractivity contribution in [1.82, 2.24) is 0 Å². The maximum atomic E-state index is 12.0. The van der Waals surface area contributed by atoms with Gasteiger partial charge in [-0.05, 0) is 36.4 Å². The minimum atomic E-state index is -0.867. The summed E-state index contributed by atoms with van der Waals surface area (Å²) in [6, 6.07) is 17.2. The second kappa shape index (κ2) is 22.2. The van der Waals surface area contributed by atoms with Crippen LogP contribution in [0.15, 0.2) is 69.8 Å². The number of Topliss-reactive ketones (excluding diaryl/α,β-unsaturated/α-hetero) is 6. The Morgan fingerprint density at radius 1 is 0.328 bits per heavy atom. The summed E-state index contributed by atoms with van der Waals surface area (Å²) < 4.78 is 0. The average molecular weight is 875 g/mol. The van der Waals surface area contributed by atoms with E-state index in [0.717, 1.165) is 6.07 Å². The molecule has 0 fully saturated rings. The van der Waals surface area contributed by atoms with E-state index in [0.29, 0.717) is 0 Å². The van der Waals surface area contributed by atoms with Crippen molar-refractivity contribution in [1.29, 1.82) is 31.6 Å². The molecule has 58 heavy (non-hydrogen) atoms. The van der Waals surface area contributed by atoms with Crippen molar-refractivity contribution >= 4 is 63.1 Å². The van der Waals surface area contributed by atoms with E-state index in [2.05, 4.69) is 0 Å². The normalized spacial score (nSPS) is 12.9. The number of carbonyl (C=O) groups is 6. The average Bonchev–Trinajstić information content (AvgIpc) is 3.15. The zero-order chi connectivity index (χ0) is 40.3. The van der Waals surface area contributed by atoms with Crippen molar-refractivity contribution in [3.05, 3.63) is 103 Å². The molecule has 3 aliphatic rings. The molecule has 0 saturated carbocycles. The number of benzene rings is 3. The smallest absolute Gasteiger partial charge is 0.209 e. The third kappa shape index (κ3) is 9.42. The number of rotatable bonds is 0. The largest absolute Gasteiger partial charge is 0.507 e. The molecule has 0 unspecified atom stereocenters. The molecule has 0 heterocycles. The summed E-state index contributed by atoms with van der Waals surface area (Å²) in [5.74, 6) is -5.10. The van der Waals surface area contributed by atoms with Crippen LogP contribution in [-0.2, 0) is 0 Å². The van der Waals surface area contributed by atoms with Crippen LogP contribution in [-0.4, -0.2) is 39.8 Å². The SMILES string of the molecule is N#CC1=C(C#N)C(=O)c2c(N)ccc(N)c2C1=O.N#CC1=C(C#N)C(=O)c2c(N)ccc(N)c2C1=O.N#CC1=C(C#N)C(=O)c2c(O)ccc(N)c2C1=O.[Ar].[Ar].[Ar].[Ar]. The first-order valence-corrected chi connectivity index (χ1v) is 14.5. The molecule has 0 spiro atoms. The molecule has 11 N–H and O–H groups in total. The number of nitrogen functional groups attached to an aromatic ring is 5.